The number of unbranched alkanes of at least 4 members (excludes halogenated alkanes) is 1. The second-order valence-electron chi connectivity index (χ2n) is 5.70. The number of rotatable bonds is 6. The van der Waals surface area contributed by atoms with Gasteiger partial charge in [-0.15, -0.1) is 0 Å². The van der Waals surface area contributed by atoms with Crippen LogP contribution in [0.15, 0.2) is 30.5 Å². The molecule has 2 heterocycles. The number of aryl methyl sites for hydroxylation is 1. The topological polar surface area (TPSA) is 81.6 Å². The van der Waals surface area contributed by atoms with Crippen LogP contribution in [-0.4, -0.2) is 26.3 Å². The Bertz CT molecular complexity index is 808. The summed E-state index contributed by atoms with van der Waals surface area (Å²) < 4.78 is 1.89. The lowest BCUT2D eigenvalue weighted by Gasteiger charge is -2.06. The van der Waals surface area contributed by atoms with Crippen molar-refractivity contribution in [3.05, 3.63) is 41.6 Å². The van der Waals surface area contributed by atoms with Gasteiger partial charge in [0.1, 0.15) is 5.52 Å². The van der Waals surface area contributed by atoms with Gasteiger partial charge in [-0.3, -0.25) is 4.68 Å². The lowest BCUT2D eigenvalue weighted by Crippen LogP contribution is -2.06. The SMILES string of the molecule is CCCCNc1nc(N)nc2cn(Cc3ccccc3C)nc12. The molecule has 23 heavy (non-hydrogen) atoms. The van der Waals surface area contributed by atoms with Gasteiger partial charge in [-0.05, 0) is 24.5 Å². The maximum atomic E-state index is 5.82. The minimum absolute atomic E-state index is 0.270. The van der Waals surface area contributed by atoms with Crippen molar-refractivity contribution in [2.45, 2.75) is 33.2 Å². The largest absolute Gasteiger partial charge is 0.368 e. The number of fused-ring (bicyclic) bond motifs is 1. The molecule has 0 unspecified atom stereocenters. The second-order valence-corrected chi connectivity index (χ2v) is 5.70. The van der Waals surface area contributed by atoms with E-state index < -0.39 is 0 Å². The minimum atomic E-state index is 0.270. The van der Waals surface area contributed by atoms with Gasteiger partial charge in [0.05, 0.1) is 12.7 Å². The Morgan fingerprint density at radius 2 is 2.04 bits per heavy atom. The zero-order valence-electron chi connectivity index (χ0n) is 13.6. The minimum Gasteiger partial charge on any atom is -0.368 e. The highest BCUT2D eigenvalue weighted by Gasteiger charge is 2.11. The predicted octanol–water partition coefficient (Wildman–Crippen LogP) is 2.98. The molecule has 0 aliphatic heterocycles. The molecule has 0 atom stereocenters. The number of nitrogens with one attached hydrogen (secondary N) is 1. The fourth-order valence-corrected chi connectivity index (χ4v) is 2.53. The Morgan fingerprint density at radius 3 is 2.83 bits per heavy atom. The van der Waals surface area contributed by atoms with E-state index in [1.807, 2.05) is 23.0 Å². The third-order valence-corrected chi connectivity index (χ3v) is 3.84. The fourth-order valence-electron chi connectivity index (χ4n) is 2.53. The Labute approximate surface area is 135 Å². The molecule has 2 aromatic heterocycles. The zero-order chi connectivity index (χ0) is 16.2. The van der Waals surface area contributed by atoms with Crippen LogP contribution >= 0.6 is 0 Å². The van der Waals surface area contributed by atoms with E-state index in [1.165, 1.54) is 11.1 Å². The predicted molar refractivity (Wildman–Crippen MR) is 93.4 cm³/mol. The van der Waals surface area contributed by atoms with Gasteiger partial charge in [-0.1, -0.05) is 37.6 Å². The first kappa shape index (κ1) is 15.3. The summed E-state index contributed by atoms with van der Waals surface area (Å²) in [5.41, 5.74) is 9.84. The number of nitrogen functional groups attached to an aromatic ring is 1. The summed E-state index contributed by atoms with van der Waals surface area (Å²) in [5, 5.41) is 7.95. The van der Waals surface area contributed by atoms with Crippen molar-refractivity contribution in [2.24, 2.45) is 0 Å². The third kappa shape index (κ3) is 3.41. The highest BCUT2D eigenvalue weighted by atomic mass is 15.3. The van der Waals surface area contributed by atoms with Crippen molar-refractivity contribution in [1.82, 2.24) is 19.7 Å². The van der Waals surface area contributed by atoms with Gasteiger partial charge in [0.15, 0.2) is 11.3 Å². The molecule has 0 radical (unpaired) electrons. The van der Waals surface area contributed by atoms with Crippen LogP contribution in [0.25, 0.3) is 11.0 Å². The average molecular weight is 310 g/mol. The number of hydrogen-bond donors (Lipinski definition) is 2. The van der Waals surface area contributed by atoms with E-state index in [2.05, 4.69) is 46.4 Å². The molecule has 0 fully saturated rings. The average Bonchev–Trinajstić information content (AvgIpc) is 2.92. The van der Waals surface area contributed by atoms with E-state index in [-0.39, 0.29) is 5.95 Å². The zero-order valence-corrected chi connectivity index (χ0v) is 13.6. The molecule has 0 aliphatic rings. The molecule has 0 aliphatic carbocycles. The van der Waals surface area contributed by atoms with E-state index in [4.69, 9.17) is 5.73 Å². The molecule has 3 N–H and O–H groups in total. The van der Waals surface area contributed by atoms with Gasteiger partial charge >= 0.3 is 0 Å². The standard InChI is InChI=1S/C17H22N6/c1-3-4-9-19-16-15-14(20-17(18)21-16)11-23(22-15)10-13-8-6-5-7-12(13)2/h5-8,11H,3-4,9-10H2,1-2H3,(H3,18,19,20,21). The Morgan fingerprint density at radius 1 is 1.22 bits per heavy atom. The Hall–Kier alpha value is -2.63. The van der Waals surface area contributed by atoms with Crippen LogP contribution < -0.4 is 11.1 Å². The molecule has 3 aromatic rings. The van der Waals surface area contributed by atoms with Crippen molar-refractivity contribution in [3.8, 4) is 0 Å². The highest BCUT2D eigenvalue weighted by molar-refractivity contribution is 5.85. The molecule has 0 saturated carbocycles. The van der Waals surface area contributed by atoms with Crippen LogP contribution in [0.2, 0.25) is 0 Å². The fraction of sp³-hybridized carbons (Fsp3) is 0.353. The molecule has 3 rings (SSSR count). The van der Waals surface area contributed by atoms with Crippen molar-refractivity contribution < 1.29 is 0 Å². The maximum Gasteiger partial charge on any atom is 0.222 e. The van der Waals surface area contributed by atoms with Gasteiger partial charge in [0, 0.05) is 6.54 Å². The van der Waals surface area contributed by atoms with Crippen LogP contribution in [0.1, 0.15) is 30.9 Å². The summed E-state index contributed by atoms with van der Waals surface area (Å²) in [7, 11) is 0. The Balaban J connectivity index is 1.91. The monoisotopic (exact) mass is 310 g/mol. The summed E-state index contributed by atoms with van der Waals surface area (Å²) in [6.07, 6.45) is 4.12. The van der Waals surface area contributed by atoms with Gasteiger partial charge in [-0.2, -0.15) is 10.1 Å². The molecule has 1 aromatic carbocycles. The van der Waals surface area contributed by atoms with E-state index in [9.17, 15) is 0 Å². The molecular weight excluding hydrogens is 288 g/mol. The normalized spacial score (nSPS) is 11.0. The van der Waals surface area contributed by atoms with Crippen molar-refractivity contribution in [3.63, 3.8) is 0 Å². The van der Waals surface area contributed by atoms with Crippen molar-refractivity contribution in [2.75, 3.05) is 17.6 Å². The first-order valence-corrected chi connectivity index (χ1v) is 7.96. The van der Waals surface area contributed by atoms with Gasteiger partial charge in [0.25, 0.3) is 0 Å². The second kappa shape index (κ2) is 6.64. The van der Waals surface area contributed by atoms with E-state index in [0.29, 0.717) is 12.4 Å². The summed E-state index contributed by atoms with van der Waals surface area (Å²) in [5.74, 6) is 0.983. The number of hydrogen-bond acceptors (Lipinski definition) is 5. The van der Waals surface area contributed by atoms with Crippen LogP contribution in [0.3, 0.4) is 0 Å². The smallest absolute Gasteiger partial charge is 0.222 e. The summed E-state index contributed by atoms with van der Waals surface area (Å²) in [4.78, 5) is 8.58. The Kier molecular flexibility index (Phi) is 4.41. The summed E-state index contributed by atoms with van der Waals surface area (Å²) >= 11 is 0. The van der Waals surface area contributed by atoms with E-state index >= 15 is 0 Å². The number of nitrogens with zero attached hydrogens (tertiary/aromatic N) is 4. The molecular formula is C17H22N6. The first-order valence-electron chi connectivity index (χ1n) is 7.96. The van der Waals surface area contributed by atoms with Gasteiger partial charge < -0.3 is 11.1 Å². The number of aromatic nitrogens is 4. The molecule has 6 nitrogen and oxygen atoms in total. The number of nitrogens with two attached hydrogens (primary N) is 1. The van der Waals surface area contributed by atoms with Crippen LogP contribution in [-0.2, 0) is 6.54 Å². The third-order valence-electron chi connectivity index (χ3n) is 3.84. The molecule has 0 amide bonds. The highest BCUT2D eigenvalue weighted by Crippen LogP contribution is 2.20. The lowest BCUT2D eigenvalue weighted by atomic mass is 10.1. The quantitative estimate of drug-likeness (QED) is 0.684. The van der Waals surface area contributed by atoms with E-state index in [1.54, 1.807) is 0 Å². The molecule has 0 spiro atoms. The van der Waals surface area contributed by atoms with Crippen molar-refractivity contribution >= 4 is 22.8 Å². The van der Waals surface area contributed by atoms with Gasteiger partial charge in [-0.25, -0.2) is 4.98 Å². The maximum absolute atomic E-state index is 5.82. The van der Waals surface area contributed by atoms with Crippen LogP contribution in [0.5, 0.6) is 0 Å². The molecule has 120 valence electrons. The summed E-state index contributed by atoms with van der Waals surface area (Å²) in [6, 6.07) is 8.30. The number of benzene rings is 1. The van der Waals surface area contributed by atoms with Crippen LogP contribution in [0, 0.1) is 6.92 Å². The molecule has 0 saturated heterocycles. The first-order chi connectivity index (χ1) is 11.2. The molecule has 0 bridgehead atoms. The lowest BCUT2D eigenvalue weighted by molar-refractivity contribution is 0.692. The summed E-state index contributed by atoms with van der Waals surface area (Å²) in [6.45, 7) is 5.82. The van der Waals surface area contributed by atoms with Gasteiger partial charge in [0.2, 0.25) is 5.95 Å². The van der Waals surface area contributed by atoms with Crippen LogP contribution in [0.4, 0.5) is 11.8 Å². The molecule has 6 heteroatoms. The van der Waals surface area contributed by atoms with Crippen molar-refractivity contribution in [1.29, 1.82) is 0 Å². The number of anilines is 2. The van der Waals surface area contributed by atoms with E-state index in [0.717, 1.165) is 30.4 Å².